The molecule has 0 bridgehead atoms. The van der Waals surface area contributed by atoms with Crippen LogP contribution in [0.15, 0.2) is 21.9 Å². The second-order valence-corrected chi connectivity index (χ2v) is 5.24. The van der Waals surface area contributed by atoms with E-state index in [1.165, 1.54) is 6.20 Å². The van der Waals surface area contributed by atoms with E-state index in [1.807, 2.05) is 0 Å². The summed E-state index contributed by atoms with van der Waals surface area (Å²) in [7, 11) is -2.50. The van der Waals surface area contributed by atoms with Crippen molar-refractivity contribution in [1.29, 1.82) is 0 Å². The third-order valence-electron chi connectivity index (χ3n) is 2.82. The summed E-state index contributed by atoms with van der Waals surface area (Å²) in [5, 5.41) is 9.33. The number of rotatable bonds is 4. The molecule has 112 valence electrons. The van der Waals surface area contributed by atoms with Gasteiger partial charge in [-0.15, -0.1) is 0 Å². The van der Waals surface area contributed by atoms with Crippen molar-refractivity contribution < 1.29 is 23.5 Å². The number of aliphatic hydroxyl groups is 1. The van der Waals surface area contributed by atoms with E-state index >= 15 is 0 Å². The monoisotopic (exact) mass is 306 g/mol. The van der Waals surface area contributed by atoms with E-state index < -0.39 is 44.5 Å². The minimum Gasteiger partial charge on any atom is -0.392 e. The molecule has 0 amide bonds. The minimum atomic E-state index is -2.50. The molecule has 2 rings (SSSR count). The van der Waals surface area contributed by atoms with Crippen molar-refractivity contribution in [2.75, 3.05) is 13.2 Å². The fraction of sp³-hybridized carbons (Fsp3) is 0.600. The highest BCUT2D eigenvalue weighted by atomic mass is 31.1. The molecular formula is C10H15N2O7P. The van der Waals surface area contributed by atoms with Crippen LogP contribution in [0.1, 0.15) is 13.2 Å². The van der Waals surface area contributed by atoms with Crippen molar-refractivity contribution in [1.82, 2.24) is 9.55 Å². The topological polar surface area (TPSA) is 120 Å². The van der Waals surface area contributed by atoms with Gasteiger partial charge in [0.15, 0.2) is 6.23 Å². The van der Waals surface area contributed by atoms with Crippen molar-refractivity contribution in [2.24, 2.45) is 0 Å². The van der Waals surface area contributed by atoms with Gasteiger partial charge in [-0.3, -0.25) is 18.9 Å². The Kier molecular flexibility index (Phi) is 4.90. The van der Waals surface area contributed by atoms with Crippen molar-refractivity contribution in [3.63, 3.8) is 0 Å². The summed E-state index contributed by atoms with van der Waals surface area (Å²) < 4.78 is 27.5. The average molecular weight is 306 g/mol. The second-order valence-electron chi connectivity index (χ2n) is 4.21. The van der Waals surface area contributed by atoms with E-state index in [4.69, 9.17) is 13.8 Å². The van der Waals surface area contributed by atoms with Crippen LogP contribution in [-0.2, 0) is 18.3 Å². The number of hydrogen-bond donors (Lipinski definition) is 2. The quantitative estimate of drug-likeness (QED) is 0.701. The Morgan fingerprint density at radius 1 is 1.65 bits per heavy atom. The van der Waals surface area contributed by atoms with Crippen LogP contribution in [0.4, 0.5) is 0 Å². The van der Waals surface area contributed by atoms with Gasteiger partial charge in [0.2, 0.25) is 0 Å². The standard InChI is InChI=1S/C10H15N2O7P/c1-6-7(5-17-20(16)19-6)18-9(4-13)12-3-2-8(14)11-10(12)15/h2-3,6-7,9,13,20H,4-5H2,1H3,(H,11,14,15)/t6-,7+,9+/m0/s1. The molecule has 0 saturated carbocycles. The van der Waals surface area contributed by atoms with Crippen LogP contribution in [0.2, 0.25) is 0 Å². The van der Waals surface area contributed by atoms with Gasteiger partial charge in [-0.25, -0.2) is 4.79 Å². The first kappa shape index (κ1) is 15.1. The van der Waals surface area contributed by atoms with Gasteiger partial charge < -0.3 is 18.9 Å². The van der Waals surface area contributed by atoms with E-state index in [0.717, 1.165) is 10.6 Å². The molecule has 1 saturated heterocycles. The van der Waals surface area contributed by atoms with Crippen LogP contribution in [0.5, 0.6) is 0 Å². The number of aromatic nitrogens is 2. The molecule has 1 fully saturated rings. The Bertz CT molecular complexity index is 598. The smallest absolute Gasteiger partial charge is 0.330 e. The molecule has 1 aliphatic rings. The number of H-pyrrole nitrogens is 1. The predicted molar refractivity (Wildman–Crippen MR) is 67.8 cm³/mol. The van der Waals surface area contributed by atoms with Crippen molar-refractivity contribution in [3.8, 4) is 0 Å². The van der Waals surface area contributed by atoms with E-state index in [0.29, 0.717) is 0 Å². The molecule has 10 heteroatoms. The Morgan fingerprint density at radius 3 is 3.00 bits per heavy atom. The second kappa shape index (κ2) is 6.47. The number of aromatic amines is 1. The Morgan fingerprint density at radius 2 is 2.40 bits per heavy atom. The summed E-state index contributed by atoms with van der Waals surface area (Å²) in [5.41, 5.74) is -1.24. The summed E-state index contributed by atoms with van der Waals surface area (Å²) in [6.45, 7) is 1.21. The lowest BCUT2D eigenvalue weighted by Gasteiger charge is -2.31. The van der Waals surface area contributed by atoms with Gasteiger partial charge in [-0.05, 0) is 6.92 Å². The van der Waals surface area contributed by atoms with E-state index in [1.54, 1.807) is 6.92 Å². The molecule has 20 heavy (non-hydrogen) atoms. The van der Waals surface area contributed by atoms with Crippen molar-refractivity contribution in [3.05, 3.63) is 33.1 Å². The number of nitrogens with one attached hydrogen (secondary N) is 1. The summed E-state index contributed by atoms with van der Waals surface area (Å²) in [5.74, 6) is 0. The zero-order valence-corrected chi connectivity index (χ0v) is 11.6. The van der Waals surface area contributed by atoms with Crippen LogP contribution >= 0.6 is 8.25 Å². The Balaban J connectivity index is 2.14. The number of nitrogens with zero attached hydrogens (tertiary/aromatic N) is 1. The minimum absolute atomic E-state index is 0.0353. The molecule has 1 aromatic heterocycles. The first-order valence-electron chi connectivity index (χ1n) is 5.92. The summed E-state index contributed by atoms with van der Waals surface area (Å²) in [6.07, 6.45) is -0.865. The third-order valence-corrected chi connectivity index (χ3v) is 3.79. The Hall–Kier alpha value is -1.25. The molecule has 4 atom stereocenters. The molecule has 1 aromatic rings. The van der Waals surface area contributed by atoms with Gasteiger partial charge in [0.25, 0.3) is 5.56 Å². The van der Waals surface area contributed by atoms with Gasteiger partial charge >= 0.3 is 13.9 Å². The molecule has 1 unspecified atom stereocenters. The van der Waals surface area contributed by atoms with E-state index in [-0.39, 0.29) is 6.61 Å². The number of ether oxygens (including phenoxy) is 1. The maximum atomic E-state index is 11.6. The molecule has 9 nitrogen and oxygen atoms in total. The van der Waals surface area contributed by atoms with Crippen LogP contribution in [0, 0.1) is 0 Å². The maximum Gasteiger partial charge on any atom is 0.330 e. The zero-order chi connectivity index (χ0) is 14.7. The summed E-state index contributed by atoms with van der Waals surface area (Å²) >= 11 is 0. The SMILES string of the molecule is C[C@@H]1O[PH](=O)OC[C@H]1O[C@H](CO)n1ccc(=O)[nH]c1=O. The fourth-order valence-electron chi connectivity index (χ4n) is 1.75. The van der Waals surface area contributed by atoms with Crippen LogP contribution in [-0.4, -0.2) is 40.1 Å². The predicted octanol–water partition coefficient (Wildman–Crippen LogP) is -0.762. The highest BCUT2D eigenvalue weighted by molar-refractivity contribution is 7.33. The van der Waals surface area contributed by atoms with Gasteiger partial charge in [0, 0.05) is 12.3 Å². The van der Waals surface area contributed by atoms with E-state index in [2.05, 4.69) is 4.98 Å². The molecular weight excluding hydrogens is 291 g/mol. The molecule has 0 spiro atoms. The number of hydrogen-bond acceptors (Lipinski definition) is 7. The average Bonchev–Trinajstić information content (AvgIpc) is 2.39. The molecule has 0 aromatic carbocycles. The molecule has 2 heterocycles. The van der Waals surface area contributed by atoms with Crippen LogP contribution < -0.4 is 11.2 Å². The van der Waals surface area contributed by atoms with Gasteiger partial charge in [-0.2, -0.15) is 0 Å². The zero-order valence-electron chi connectivity index (χ0n) is 10.6. The maximum absolute atomic E-state index is 11.6. The normalized spacial score (nSPS) is 28.2. The summed E-state index contributed by atoms with van der Waals surface area (Å²) in [4.78, 5) is 24.7. The van der Waals surface area contributed by atoms with Crippen molar-refractivity contribution >= 4 is 8.25 Å². The largest absolute Gasteiger partial charge is 0.392 e. The molecule has 1 aliphatic heterocycles. The van der Waals surface area contributed by atoms with Gasteiger partial charge in [0.05, 0.1) is 19.3 Å². The third kappa shape index (κ3) is 3.44. The fourth-order valence-corrected chi connectivity index (χ4v) is 2.57. The Labute approximate surface area is 114 Å². The van der Waals surface area contributed by atoms with Gasteiger partial charge in [0.1, 0.15) is 6.10 Å². The highest BCUT2D eigenvalue weighted by Crippen LogP contribution is 2.34. The first-order valence-corrected chi connectivity index (χ1v) is 7.15. The lowest BCUT2D eigenvalue weighted by molar-refractivity contribution is -0.140. The molecule has 0 aliphatic carbocycles. The molecule has 2 N–H and O–H groups in total. The number of aliphatic hydroxyl groups excluding tert-OH is 1. The van der Waals surface area contributed by atoms with Gasteiger partial charge in [-0.1, -0.05) is 0 Å². The highest BCUT2D eigenvalue weighted by Gasteiger charge is 2.30. The lowest BCUT2D eigenvalue weighted by atomic mass is 10.2. The first-order chi connectivity index (χ1) is 9.51. The van der Waals surface area contributed by atoms with Crippen LogP contribution in [0.25, 0.3) is 0 Å². The summed E-state index contributed by atoms with van der Waals surface area (Å²) in [6, 6.07) is 1.14. The van der Waals surface area contributed by atoms with E-state index in [9.17, 15) is 19.3 Å². The van der Waals surface area contributed by atoms with Crippen molar-refractivity contribution in [2.45, 2.75) is 25.4 Å². The van der Waals surface area contributed by atoms with Crippen LogP contribution in [0.3, 0.4) is 0 Å². The lowest BCUT2D eigenvalue weighted by Crippen LogP contribution is -2.41. The molecule has 0 radical (unpaired) electrons.